The fourth-order valence-corrected chi connectivity index (χ4v) is 7.59. The number of aliphatic hydroxyl groups is 5. The number of allylic oxidation sites excluding steroid dienone is 3. The molecule has 0 spiro atoms. The van der Waals surface area contributed by atoms with Gasteiger partial charge >= 0.3 is 0 Å². The summed E-state index contributed by atoms with van der Waals surface area (Å²) in [5.74, 6) is 1.53. The van der Waals surface area contributed by atoms with Crippen LogP contribution in [0.1, 0.15) is 112 Å². The molecule has 3 saturated carbocycles. The molecule has 3 aliphatic rings. The first-order valence-electron chi connectivity index (χ1n) is 14.7. The third-order valence-corrected chi connectivity index (χ3v) is 9.86. The minimum Gasteiger partial charge on any atom is -0.393 e. The van der Waals surface area contributed by atoms with Gasteiger partial charge in [-0.2, -0.15) is 0 Å². The normalized spacial score (nSPS) is 35.1. The second-order valence-electron chi connectivity index (χ2n) is 13.9. The van der Waals surface area contributed by atoms with E-state index < -0.39 is 29.5 Å². The zero-order chi connectivity index (χ0) is 27.6. The van der Waals surface area contributed by atoms with Crippen LogP contribution in [0.15, 0.2) is 35.5 Å². The van der Waals surface area contributed by atoms with Crippen LogP contribution in [0.25, 0.3) is 0 Å². The van der Waals surface area contributed by atoms with E-state index >= 15 is 0 Å². The minimum atomic E-state index is -1.10. The van der Waals surface area contributed by atoms with E-state index in [1.54, 1.807) is 13.8 Å². The lowest BCUT2D eigenvalue weighted by atomic mass is 9.60. The van der Waals surface area contributed by atoms with E-state index in [0.717, 1.165) is 49.7 Å². The largest absolute Gasteiger partial charge is 0.393 e. The number of hydrogen-bond acceptors (Lipinski definition) is 5. The number of fused-ring (bicyclic) bond motifs is 1. The molecule has 0 aromatic carbocycles. The molecule has 37 heavy (non-hydrogen) atoms. The number of hydrogen-bond donors (Lipinski definition) is 5. The molecule has 0 aromatic rings. The maximum absolute atomic E-state index is 10.6. The first-order chi connectivity index (χ1) is 17.1. The summed E-state index contributed by atoms with van der Waals surface area (Å²) in [6, 6.07) is 0. The van der Waals surface area contributed by atoms with Gasteiger partial charge < -0.3 is 25.5 Å². The maximum atomic E-state index is 10.6. The van der Waals surface area contributed by atoms with Crippen molar-refractivity contribution in [2.45, 2.75) is 141 Å². The Morgan fingerprint density at radius 2 is 1.76 bits per heavy atom. The van der Waals surface area contributed by atoms with Crippen LogP contribution >= 0.6 is 0 Å². The van der Waals surface area contributed by atoms with Crippen molar-refractivity contribution < 1.29 is 25.5 Å². The van der Waals surface area contributed by atoms with Crippen molar-refractivity contribution in [2.75, 3.05) is 0 Å². The van der Waals surface area contributed by atoms with Gasteiger partial charge in [-0.1, -0.05) is 44.1 Å². The second kappa shape index (κ2) is 12.0. The zero-order valence-electron chi connectivity index (χ0n) is 24.0. The SMILES string of the molecule is C=C1/C(=C\C=C2/CCC[C@]3(C)[C@@H]([C@@H](CCCC(C)(C)O)CCC(O)C(C)(C)O)CC[C@@H]23)C[C@@H](O)CC1O. The van der Waals surface area contributed by atoms with Gasteiger partial charge in [-0.25, -0.2) is 0 Å². The molecule has 0 bridgehead atoms. The maximum Gasteiger partial charge on any atom is 0.0849 e. The highest BCUT2D eigenvalue weighted by molar-refractivity contribution is 5.38. The summed E-state index contributed by atoms with van der Waals surface area (Å²) in [4.78, 5) is 0. The van der Waals surface area contributed by atoms with E-state index in [-0.39, 0.29) is 5.41 Å². The summed E-state index contributed by atoms with van der Waals surface area (Å²) in [5.41, 5.74) is 1.62. The molecule has 3 rings (SSSR count). The highest BCUT2D eigenvalue weighted by atomic mass is 16.3. The molecule has 0 aliphatic heterocycles. The van der Waals surface area contributed by atoms with Crippen molar-refractivity contribution in [1.82, 2.24) is 0 Å². The lowest BCUT2D eigenvalue weighted by Gasteiger charge is -2.45. The Bertz CT molecular complexity index is 844. The summed E-state index contributed by atoms with van der Waals surface area (Å²) in [6.45, 7) is 13.7. The molecule has 0 aromatic heterocycles. The molecule has 212 valence electrons. The zero-order valence-corrected chi connectivity index (χ0v) is 24.0. The van der Waals surface area contributed by atoms with Crippen LogP contribution in [0.3, 0.4) is 0 Å². The van der Waals surface area contributed by atoms with Crippen LogP contribution in [-0.2, 0) is 0 Å². The van der Waals surface area contributed by atoms with Crippen LogP contribution in [0.5, 0.6) is 0 Å². The van der Waals surface area contributed by atoms with Gasteiger partial charge in [-0.05, 0) is 120 Å². The summed E-state index contributed by atoms with van der Waals surface area (Å²) in [6.07, 6.45) is 13.4. The number of rotatable bonds is 10. The average molecular weight is 519 g/mol. The van der Waals surface area contributed by atoms with Crippen LogP contribution in [0.4, 0.5) is 0 Å². The van der Waals surface area contributed by atoms with Crippen LogP contribution < -0.4 is 0 Å². The molecule has 2 unspecified atom stereocenters. The molecule has 0 amide bonds. The van der Waals surface area contributed by atoms with E-state index in [4.69, 9.17) is 0 Å². The lowest BCUT2D eigenvalue weighted by Crippen LogP contribution is -2.39. The molecule has 5 heteroatoms. The fourth-order valence-electron chi connectivity index (χ4n) is 7.59. The standard InChI is InChI=1S/C32H54O5/c1-21-24(19-25(33)20-28(21)34)12-11-22-10-8-18-32(6)26(22)14-15-27(32)23(9-7-17-30(2,3)36)13-16-29(35)31(4,5)37/h11-12,23,25-29,33-37H,1,7-10,13-20H2,2-6H3/b22-11+,24-12-/t23-,25+,26-,27+,28?,29?,32-/m0/s1. The summed E-state index contributed by atoms with van der Waals surface area (Å²) < 4.78 is 0. The predicted molar refractivity (Wildman–Crippen MR) is 150 cm³/mol. The van der Waals surface area contributed by atoms with Crippen molar-refractivity contribution in [3.05, 3.63) is 35.5 Å². The summed E-state index contributed by atoms with van der Waals surface area (Å²) in [5, 5.41) is 51.5. The van der Waals surface area contributed by atoms with Gasteiger partial charge in [0.25, 0.3) is 0 Å². The van der Waals surface area contributed by atoms with Crippen molar-refractivity contribution in [2.24, 2.45) is 23.2 Å². The van der Waals surface area contributed by atoms with E-state index in [9.17, 15) is 25.5 Å². The van der Waals surface area contributed by atoms with Crippen molar-refractivity contribution in [3.63, 3.8) is 0 Å². The molecule has 5 N–H and O–H groups in total. The van der Waals surface area contributed by atoms with E-state index in [1.165, 1.54) is 24.8 Å². The molecular weight excluding hydrogens is 464 g/mol. The Balaban J connectivity index is 1.79. The quantitative estimate of drug-likeness (QED) is 0.259. The first-order valence-corrected chi connectivity index (χ1v) is 14.7. The van der Waals surface area contributed by atoms with Gasteiger partial charge in [0.15, 0.2) is 0 Å². The Kier molecular flexibility index (Phi) is 9.94. The highest BCUT2D eigenvalue weighted by Gasteiger charge is 2.51. The predicted octanol–water partition coefficient (Wildman–Crippen LogP) is 5.60. The lowest BCUT2D eigenvalue weighted by molar-refractivity contribution is -0.0563. The second-order valence-corrected chi connectivity index (χ2v) is 13.9. The summed E-state index contributed by atoms with van der Waals surface area (Å²) >= 11 is 0. The van der Waals surface area contributed by atoms with Gasteiger partial charge in [0.2, 0.25) is 0 Å². The third-order valence-electron chi connectivity index (χ3n) is 9.86. The average Bonchev–Trinajstić information content (AvgIpc) is 3.13. The third kappa shape index (κ3) is 7.79. The van der Waals surface area contributed by atoms with E-state index in [2.05, 4.69) is 25.7 Å². The number of aliphatic hydroxyl groups excluding tert-OH is 3. The van der Waals surface area contributed by atoms with Gasteiger partial charge in [0, 0.05) is 6.42 Å². The van der Waals surface area contributed by atoms with E-state index in [1.807, 2.05) is 13.8 Å². The van der Waals surface area contributed by atoms with E-state index in [0.29, 0.717) is 37.0 Å². The van der Waals surface area contributed by atoms with Gasteiger partial charge in [0.1, 0.15) is 0 Å². The Hall–Kier alpha value is -0.980. The van der Waals surface area contributed by atoms with Gasteiger partial charge in [-0.3, -0.25) is 0 Å². The first kappa shape index (κ1) is 30.6. The topological polar surface area (TPSA) is 101 Å². The molecule has 0 radical (unpaired) electrons. The van der Waals surface area contributed by atoms with Gasteiger partial charge in [0.05, 0.1) is 29.5 Å². The Morgan fingerprint density at radius 3 is 2.41 bits per heavy atom. The van der Waals surface area contributed by atoms with Crippen molar-refractivity contribution in [1.29, 1.82) is 0 Å². The molecule has 0 saturated heterocycles. The van der Waals surface area contributed by atoms with Gasteiger partial charge in [-0.15, -0.1) is 0 Å². The molecule has 0 heterocycles. The smallest absolute Gasteiger partial charge is 0.0849 e. The Labute approximate surface area is 225 Å². The minimum absolute atomic E-state index is 0.199. The van der Waals surface area contributed by atoms with Crippen LogP contribution in [0.2, 0.25) is 0 Å². The Morgan fingerprint density at radius 1 is 1.05 bits per heavy atom. The van der Waals surface area contributed by atoms with Crippen LogP contribution in [0, 0.1) is 23.2 Å². The summed E-state index contributed by atoms with van der Waals surface area (Å²) in [7, 11) is 0. The van der Waals surface area contributed by atoms with Crippen LogP contribution in [-0.4, -0.2) is 55.0 Å². The van der Waals surface area contributed by atoms with Crippen molar-refractivity contribution >= 4 is 0 Å². The monoisotopic (exact) mass is 518 g/mol. The molecular formula is C32H54O5. The molecule has 7 atom stereocenters. The molecule has 3 fully saturated rings. The highest BCUT2D eigenvalue weighted by Crippen LogP contribution is 2.60. The molecule has 3 aliphatic carbocycles. The fraction of sp³-hybridized carbons (Fsp3) is 0.812. The molecule has 5 nitrogen and oxygen atoms in total. The van der Waals surface area contributed by atoms with Crippen molar-refractivity contribution in [3.8, 4) is 0 Å².